The molecule has 0 aliphatic heterocycles. The molecule has 110 valence electrons. The van der Waals surface area contributed by atoms with Crippen LogP contribution in [-0.2, 0) is 4.79 Å². The standard InChI is InChI=1S/C14H21N3O3/c1-4-17(5-2)13(18)9(3)16-10-6-7-11(14(19)20)12(15)8-10/h6-9,16H,4-5,15H2,1-3H3,(H,19,20). The van der Waals surface area contributed by atoms with Gasteiger partial charge in [-0.15, -0.1) is 0 Å². The van der Waals surface area contributed by atoms with E-state index in [1.54, 1.807) is 17.9 Å². The van der Waals surface area contributed by atoms with Crippen molar-refractivity contribution in [1.29, 1.82) is 0 Å². The molecule has 0 fully saturated rings. The van der Waals surface area contributed by atoms with E-state index < -0.39 is 12.0 Å². The van der Waals surface area contributed by atoms with E-state index in [2.05, 4.69) is 5.32 Å². The molecular weight excluding hydrogens is 258 g/mol. The normalized spacial score (nSPS) is 11.8. The first-order valence-electron chi connectivity index (χ1n) is 6.58. The number of aromatic carboxylic acids is 1. The molecule has 0 aliphatic carbocycles. The Kier molecular flexibility index (Phi) is 5.37. The lowest BCUT2D eigenvalue weighted by molar-refractivity contribution is -0.131. The SMILES string of the molecule is CCN(CC)C(=O)C(C)Nc1ccc(C(=O)O)c(N)c1. The fourth-order valence-corrected chi connectivity index (χ4v) is 1.97. The van der Waals surface area contributed by atoms with Crippen molar-refractivity contribution in [3.8, 4) is 0 Å². The van der Waals surface area contributed by atoms with Gasteiger partial charge in [-0.05, 0) is 39.0 Å². The lowest BCUT2D eigenvalue weighted by atomic mass is 10.1. The summed E-state index contributed by atoms with van der Waals surface area (Å²) < 4.78 is 0. The largest absolute Gasteiger partial charge is 0.478 e. The highest BCUT2D eigenvalue weighted by atomic mass is 16.4. The van der Waals surface area contributed by atoms with Crippen LogP contribution in [0.2, 0.25) is 0 Å². The number of nitrogens with one attached hydrogen (secondary N) is 1. The number of carboxylic acid groups (broad SMARTS) is 1. The van der Waals surface area contributed by atoms with Crippen LogP contribution in [0.4, 0.5) is 11.4 Å². The summed E-state index contributed by atoms with van der Waals surface area (Å²) >= 11 is 0. The van der Waals surface area contributed by atoms with E-state index in [4.69, 9.17) is 10.8 Å². The zero-order valence-corrected chi connectivity index (χ0v) is 12.0. The molecule has 0 saturated heterocycles. The Balaban J connectivity index is 2.81. The number of carbonyl (C=O) groups excluding carboxylic acids is 1. The van der Waals surface area contributed by atoms with Crippen molar-refractivity contribution in [3.63, 3.8) is 0 Å². The average Bonchev–Trinajstić information content (AvgIpc) is 2.39. The van der Waals surface area contributed by atoms with Crippen LogP contribution >= 0.6 is 0 Å². The molecule has 0 radical (unpaired) electrons. The van der Waals surface area contributed by atoms with E-state index in [-0.39, 0.29) is 17.2 Å². The number of nitrogen functional groups attached to an aromatic ring is 1. The van der Waals surface area contributed by atoms with Crippen LogP contribution in [0.5, 0.6) is 0 Å². The molecule has 6 heteroatoms. The summed E-state index contributed by atoms with van der Waals surface area (Å²) in [5.41, 5.74) is 6.52. The number of nitrogens with two attached hydrogens (primary N) is 1. The number of likely N-dealkylation sites (N-methyl/N-ethyl adjacent to an activating group) is 1. The average molecular weight is 279 g/mol. The second kappa shape index (κ2) is 6.79. The fourth-order valence-electron chi connectivity index (χ4n) is 1.97. The quantitative estimate of drug-likeness (QED) is 0.688. The minimum absolute atomic E-state index is 0.00381. The van der Waals surface area contributed by atoms with Gasteiger partial charge in [0, 0.05) is 24.5 Å². The van der Waals surface area contributed by atoms with Gasteiger partial charge in [-0.2, -0.15) is 0 Å². The zero-order valence-electron chi connectivity index (χ0n) is 12.0. The van der Waals surface area contributed by atoms with Gasteiger partial charge in [-0.3, -0.25) is 4.79 Å². The number of amides is 1. The predicted molar refractivity (Wildman–Crippen MR) is 78.8 cm³/mol. The molecule has 1 rings (SSSR count). The van der Waals surface area contributed by atoms with Gasteiger partial charge in [0.25, 0.3) is 0 Å². The van der Waals surface area contributed by atoms with Crippen LogP contribution in [0.25, 0.3) is 0 Å². The van der Waals surface area contributed by atoms with Gasteiger partial charge in [0.1, 0.15) is 6.04 Å². The van der Waals surface area contributed by atoms with Gasteiger partial charge >= 0.3 is 5.97 Å². The molecule has 1 aromatic carbocycles. The molecule has 1 atom stereocenters. The van der Waals surface area contributed by atoms with Gasteiger partial charge in [0.05, 0.1) is 5.56 Å². The van der Waals surface area contributed by atoms with Crippen LogP contribution in [0.3, 0.4) is 0 Å². The van der Waals surface area contributed by atoms with Crippen molar-refractivity contribution in [2.75, 3.05) is 24.1 Å². The fraction of sp³-hybridized carbons (Fsp3) is 0.429. The van der Waals surface area contributed by atoms with Crippen LogP contribution < -0.4 is 11.1 Å². The summed E-state index contributed by atoms with van der Waals surface area (Å²) in [6.45, 7) is 6.92. The summed E-state index contributed by atoms with van der Waals surface area (Å²) in [6, 6.07) is 4.15. The number of rotatable bonds is 6. The molecule has 0 spiro atoms. The lowest BCUT2D eigenvalue weighted by Gasteiger charge is -2.24. The van der Waals surface area contributed by atoms with E-state index in [1.165, 1.54) is 12.1 Å². The minimum atomic E-state index is -1.07. The molecule has 1 unspecified atom stereocenters. The Hall–Kier alpha value is -2.24. The number of hydrogen-bond donors (Lipinski definition) is 3. The van der Waals surface area contributed by atoms with Crippen molar-refractivity contribution in [2.45, 2.75) is 26.8 Å². The van der Waals surface area contributed by atoms with Crippen LogP contribution in [0.1, 0.15) is 31.1 Å². The highest BCUT2D eigenvalue weighted by Gasteiger charge is 2.18. The molecule has 0 aliphatic rings. The Labute approximate surface area is 118 Å². The molecule has 1 aromatic rings. The molecule has 1 amide bonds. The van der Waals surface area contributed by atoms with E-state index in [0.29, 0.717) is 18.8 Å². The summed E-state index contributed by atoms with van der Waals surface area (Å²) in [6.07, 6.45) is 0. The van der Waals surface area contributed by atoms with Crippen molar-refractivity contribution in [3.05, 3.63) is 23.8 Å². The van der Waals surface area contributed by atoms with Crippen LogP contribution in [0, 0.1) is 0 Å². The van der Waals surface area contributed by atoms with E-state index in [1.807, 2.05) is 13.8 Å². The highest BCUT2D eigenvalue weighted by molar-refractivity contribution is 5.94. The smallest absolute Gasteiger partial charge is 0.337 e. The van der Waals surface area contributed by atoms with E-state index in [0.717, 1.165) is 0 Å². The van der Waals surface area contributed by atoms with Gasteiger partial charge in [0.15, 0.2) is 0 Å². The van der Waals surface area contributed by atoms with Crippen molar-refractivity contribution in [1.82, 2.24) is 4.90 Å². The van der Waals surface area contributed by atoms with E-state index in [9.17, 15) is 9.59 Å². The Morgan fingerprint density at radius 1 is 1.35 bits per heavy atom. The monoisotopic (exact) mass is 279 g/mol. The third-order valence-corrected chi connectivity index (χ3v) is 3.11. The Morgan fingerprint density at radius 3 is 2.40 bits per heavy atom. The second-order valence-corrected chi connectivity index (χ2v) is 4.48. The molecule has 0 aromatic heterocycles. The maximum Gasteiger partial charge on any atom is 0.337 e. The highest BCUT2D eigenvalue weighted by Crippen LogP contribution is 2.19. The molecule has 6 nitrogen and oxygen atoms in total. The number of carboxylic acids is 1. The number of benzene rings is 1. The molecule has 0 bridgehead atoms. The van der Waals surface area contributed by atoms with Crippen LogP contribution in [0.15, 0.2) is 18.2 Å². The van der Waals surface area contributed by atoms with Crippen LogP contribution in [-0.4, -0.2) is 41.0 Å². The summed E-state index contributed by atoms with van der Waals surface area (Å²) in [5, 5.41) is 11.9. The third kappa shape index (κ3) is 3.63. The number of carbonyl (C=O) groups is 2. The maximum atomic E-state index is 12.1. The van der Waals surface area contributed by atoms with E-state index >= 15 is 0 Å². The first-order chi connectivity index (χ1) is 9.40. The van der Waals surface area contributed by atoms with Crippen molar-refractivity contribution in [2.24, 2.45) is 0 Å². The number of anilines is 2. The van der Waals surface area contributed by atoms with Crippen molar-refractivity contribution >= 4 is 23.3 Å². The number of hydrogen-bond acceptors (Lipinski definition) is 4. The molecule has 0 heterocycles. The first kappa shape index (κ1) is 15.8. The predicted octanol–water partition coefficient (Wildman–Crippen LogP) is 1.64. The molecule has 4 N–H and O–H groups in total. The summed E-state index contributed by atoms with van der Waals surface area (Å²) in [4.78, 5) is 24.7. The molecular formula is C14H21N3O3. The van der Waals surface area contributed by atoms with Gasteiger partial charge in [-0.25, -0.2) is 4.79 Å². The maximum absolute atomic E-state index is 12.1. The van der Waals surface area contributed by atoms with Crippen molar-refractivity contribution < 1.29 is 14.7 Å². The van der Waals surface area contributed by atoms with Gasteiger partial charge < -0.3 is 21.1 Å². The second-order valence-electron chi connectivity index (χ2n) is 4.48. The topological polar surface area (TPSA) is 95.7 Å². The molecule has 20 heavy (non-hydrogen) atoms. The first-order valence-corrected chi connectivity index (χ1v) is 6.58. The zero-order chi connectivity index (χ0) is 15.3. The Morgan fingerprint density at radius 2 is 1.95 bits per heavy atom. The van der Waals surface area contributed by atoms with Gasteiger partial charge in [-0.1, -0.05) is 0 Å². The third-order valence-electron chi connectivity index (χ3n) is 3.11. The molecule has 0 saturated carbocycles. The summed E-state index contributed by atoms with van der Waals surface area (Å²) in [7, 11) is 0. The lowest BCUT2D eigenvalue weighted by Crippen LogP contribution is -2.41. The number of nitrogens with zero attached hydrogens (tertiary/aromatic N) is 1. The Bertz CT molecular complexity index is 498. The van der Waals surface area contributed by atoms with Gasteiger partial charge in [0.2, 0.25) is 5.91 Å². The summed E-state index contributed by atoms with van der Waals surface area (Å²) in [5.74, 6) is -1.07. The minimum Gasteiger partial charge on any atom is -0.478 e.